The molecule has 0 saturated heterocycles. The molecule has 0 amide bonds. The van der Waals surface area contributed by atoms with Crippen molar-refractivity contribution in [1.82, 2.24) is 0 Å². The Labute approximate surface area is 211 Å². The summed E-state index contributed by atoms with van der Waals surface area (Å²) in [4.78, 5) is 0. The molecule has 0 aliphatic heterocycles. The summed E-state index contributed by atoms with van der Waals surface area (Å²) in [7, 11) is 0. The summed E-state index contributed by atoms with van der Waals surface area (Å²) in [5.41, 5.74) is -0.205. The topological polar surface area (TPSA) is 9.23 Å². The Hall–Kier alpha value is -2.11. The lowest BCUT2D eigenvalue weighted by Crippen LogP contribution is -2.25. The van der Waals surface area contributed by atoms with Crippen molar-refractivity contribution in [3.63, 3.8) is 0 Å². The van der Waals surface area contributed by atoms with Gasteiger partial charge in [0.1, 0.15) is 5.75 Å². The number of ether oxygens (including phenoxy) is 1. The number of benzene rings is 2. The fourth-order valence-corrected chi connectivity index (χ4v) is 6.17. The van der Waals surface area contributed by atoms with E-state index in [-0.39, 0.29) is 11.3 Å². The number of alkyl halides is 5. The van der Waals surface area contributed by atoms with Crippen molar-refractivity contribution in [2.75, 3.05) is 0 Å². The Bertz CT molecular complexity index is 935. The molecule has 0 spiro atoms. The van der Waals surface area contributed by atoms with E-state index < -0.39 is 17.8 Å². The zero-order chi connectivity index (χ0) is 25.8. The minimum atomic E-state index is -4.52. The summed E-state index contributed by atoms with van der Waals surface area (Å²) in [5, 5.41) is 0. The molecular weight excluding hydrogens is 471 g/mol. The third-order valence-corrected chi connectivity index (χ3v) is 8.59. The van der Waals surface area contributed by atoms with Crippen molar-refractivity contribution in [2.24, 2.45) is 23.7 Å². The van der Waals surface area contributed by atoms with E-state index in [0.717, 1.165) is 60.4 Å². The van der Waals surface area contributed by atoms with Gasteiger partial charge in [0.25, 0.3) is 0 Å². The second kappa shape index (κ2) is 11.5. The Morgan fingerprint density at radius 2 is 1.17 bits per heavy atom. The maximum Gasteiger partial charge on any atom is 0.426 e. The highest BCUT2D eigenvalue weighted by atomic mass is 19.4. The second-order valence-corrected chi connectivity index (χ2v) is 10.8. The predicted molar refractivity (Wildman–Crippen MR) is 132 cm³/mol. The van der Waals surface area contributed by atoms with Gasteiger partial charge in [0.15, 0.2) is 0 Å². The van der Waals surface area contributed by atoms with Gasteiger partial charge in [-0.1, -0.05) is 51.2 Å². The summed E-state index contributed by atoms with van der Waals surface area (Å²) in [6.07, 6.45) is 5.96. The van der Waals surface area contributed by atoms with Crippen molar-refractivity contribution in [2.45, 2.75) is 89.8 Å². The minimum absolute atomic E-state index is 0.314. The number of aryl methyl sites for hydroxylation is 1. The van der Waals surface area contributed by atoms with Crippen LogP contribution in [0.2, 0.25) is 0 Å². The average Bonchev–Trinajstić information content (AvgIpc) is 2.88. The maximum absolute atomic E-state index is 14.6. The maximum atomic E-state index is 14.6. The van der Waals surface area contributed by atoms with Crippen LogP contribution in [0.4, 0.5) is 22.0 Å². The molecule has 2 aromatic carbocycles. The van der Waals surface area contributed by atoms with Gasteiger partial charge >= 0.3 is 12.3 Å². The molecule has 0 unspecified atom stereocenters. The molecule has 198 valence electrons. The van der Waals surface area contributed by atoms with E-state index in [4.69, 9.17) is 4.74 Å². The molecule has 0 heterocycles. The number of hydrogen-bond donors (Lipinski definition) is 0. The third-order valence-electron chi connectivity index (χ3n) is 8.59. The molecule has 4 rings (SSSR count). The van der Waals surface area contributed by atoms with E-state index in [1.165, 1.54) is 69.9 Å². The molecule has 0 radical (unpaired) electrons. The van der Waals surface area contributed by atoms with Crippen LogP contribution in [-0.2, 0) is 18.7 Å². The fourth-order valence-electron chi connectivity index (χ4n) is 6.17. The monoisotopic (exact) mass is 508 g/mol. The first-order valence-corrected chi connectivity index (χ1v) is 13.5. The quantitative estimate of drug-likeness (QED) is 0.323. The number of rotatable bonds is 8. The largest absolute Gasteiger partial charge is 0.429 e. The van der Waals surface area contributed by atoms with Crippen LogP contribution in [-0.4, -0.2) is 0 Å². The molecule has 2 aromatic rings. The van der Waals surface area contributed by atoms with Crippen LogP contribution in [0.1, 0.15) is 87.8 Å². The Morgan fingerprint density at radius 3 is 1.67 bits per heavy atom. The van der Waals surface area contributed by atoms with Gasteiger partial charge in [0, 0.05) is 0 Å². The molecule has 2 fully saturated rings. The molecule has 2 aliphatic rings. The van der Waals surface area contributed by atoms with E-state index >= 15 is 0 Å². The lowest BCUT2D eigenvalue weighted by molar-refractivity contribution is -0.185. The van der Waals surface area contributed by atoms with Gasteiger partial charge < -0.3 is 4.74 Å². The van der Waals surface area contributed by atoms with Gasteiger partial charge in [-0.25, -0.2) is 0 Å². The molecule has 36 heavy (non-hydrogen) atoms. The summed E-state index contributed by atoms with van der Waals surface area (Å²) < 4.78 is 71.9. The molecular formula is C30H37F5O. The highest BCUT2D eigenvalue weighted by Crippen LogP contribution is 2.43. The van der Waals surface area contributed by atoms with E-state index in [1.807, 2.05) is 0 Å². The normalized spacial score (nSPS) is 25.5. The van der Waals surface area contributed by atoms with Gasteiger partial charge in [-0.05, 0) is 104 Å². The van der Waals surface area contributed by atoms with Crippen LogP contribution in [0.5, 0.6) is 5.75 Å². The molecule has 2 saturated carbocycles. The van der Waals surface area contributed by atoms with Crippen LogP contribution < -0.4 is 4.74 Å². The summed E-state index contributed by atoms with van der Waals surface area (Å²) in [5.74, 6) is 3.15. The second-order valence-electron chi connectivity index (χ2n) is 10.8. The van der Waals surface area contributed by atoms with Crippen LogP contribution in [0, 0.1) is 23.7 Å². The predicted octanol–water partition coefficient (Wildman–Crippen LogP) is 9.79. The molecule has 2 aliphatic carbocycles. The van der Waals surface area contributed by atoms with E-state index in [2.05, 4.69) is 6.92 Å². The van der Waals surface area contributed by atoms with E-state index in [0.29, 0.717) is 5.92 Å². The van der Waals surface area contributed by atoms with Crippen molar-refractivity contribution in [1.29, 1.82) is 0 Å². The molecule has 0 aromatic heterocycles. The van der Waals surface area contributed by atoms with Crippen LogP contribution in [0.3, 0.4) is 0 Å². The standard InChI is InChI=1S/C30H37F5O/c1-2-21-5-11-24(12-6-21)25-13-7-22(8-14-25)3-4-23-9-15-27(16-10-23)30(34,35)36-28-19-17-26(18-20-28)29(31,32)33/h9-10,15-22,24-25H,2-8,11-14H2,1H3/t21-,22?,24-,25?. The van der Waals surface area contributed by atoms with Crippen molar-refractivity contribution >= 4 is 0 Å². The van der Waals surface area contributed by atoms with Gasteiger partial charge in [-0.3, -0.25) is 0 Å². The highest BCUT2D eigenvalue weighted by Gasteiger charge is 2.35. The first-order chi connectivity index (χ1) is 17.1. The lowest BCUT2D eigenvalue weighted by Gasteiger charge is -2.37. The van der Waals surface area contributed by atoms with Crippen LogP contribution >= 0.6 is 0 Å². The number of halogens is 5. The SMILES string of the molecule is CC[C@H]1CC[C@H](C2CCC(CCc3ccc(C(F)(F)Oc4ccc(C(F)(F)F)cc4)cc3)CC2)CC1. The fraction of sp³-hybridized carbons (Fsp3) is 0.600. The molecule has 6 heteroatoms. The summed E-state index contributed by atoms with van der Waals surface area (Å²) >= 11 is 0. The summed E-state index contributed by atoms with van der Waals surface area (Å²) in [6, 6.07) is 9.41. The molecule has 0 atom stereocenters. The first kappa shape index (κ1) is 26.9. The lowest BCUT2D eigenvalue weighted by atomic mass is 9.68. The van der Waals surface area contributed by atoms with Crippen molar-refractivity contribution in [3.8, 4) is 5.75 Å². The van der Waals surface area contributed by atoms with Gasteiger partial charge in [0.2, 0.25) is 0 Å². The smallest absolute Gasteiger partial charge is 0.426 e. The zero-order valence-electron chi connectivity index (χ0n) is 21.0. The van der Waals surface area contributed by atoms with Crippen LogP contribution in [0.15, 0.2) is 48.5 Å². The minimum Gasteiger partial charge on any atom is -0.429 e. The Morgan fingerprint density at radius 1 is 0.667 bits per heavy atom. The summed E-state index contributed by atoms with van der Waals surface area (Å²) in [6.45, 7) is 2.31. The van der Waals surface area contributed by atoms with Crippen LogP contribution in [0.25, 0.3) is 0 Å². The first-order valence-electron chi connectivity index (χ1n) is 13.5. The average molecular weight is 509 g/mol. The number of hydrogen-bond acceptors (Lipinski definition) is 1. The Kier molecular flexibility index (Phi) is 8.62. The van der Waals surface area contributed by atoms with Crippen molar-refractivity contribution in [3.05, 3.63) is 65.2 Å². The van der Waals surface area contributed by atoms with Gasteiger partial charge in [-0.15, -0.1) is 0 Å². The molecule has 0 bridgehead atoms. The third kappa shape index (κ3) is 7.01. The van der Waals surface area contributed by atoms with E-state index in [9.17, 15) is 22.0 Å². The molecule has 1 nitrogen and oxygen atoms in total. The molecule has 0 N–H and O–H groups in total. The van der Waals surface area contributed by atoms with Gasteiger partial charge in [-0.2, -0.15) is 22.0 Å². The zero-order valence-corrected chi connectivity index (χ0v) is 21.0. The Balaban J connectivity index is 1.23. The van der Waals surface area contributed by atoms with Crippen molar-refractivity contribution < 1.29 is 26.7 Å². The van der Waals surface area contributed by atoms with E-state index in [1.54, 1.807) is 12.1 Å². The highest BCUT2D eigenvalue weighted by molar-refractivity contribution is 5.31. The van der Waals surface area contributed by atoms with Gasteiger partial charge in [0.05, 0.1) is 11.1 Å².